The molecule has 0 aromatic heterocycles. The molecule has 0 N–H and O–H groups in total. The van der Waals surface area contributed by atoms with E-state index in [1.807, 2.05) is 13.8 Å². The highest BCUT2D eigenvalue weighted by molar-refractivity contribution is 5.69. The van der Waals surface area contributed by atoms with Crippen molar-refractivity contribution in [3.05, 3.63) is 0 Å². The van der Waals surface area contributed by atoms with E-state index in [0.717, 1.165) is 19.3 Å². The highest BCUT2D eigenvalue weighted by Gasteiger charge is 2.69. The maximum absolute atomic E-state index is 11.5. The minimum atomic E-state index is -0.777. The molecule has 9 atom stereocenters. The smallest absolute Gasteiger partial charge is 0.305 e. The maximum atomic E-state index is 11.5. The lowest BCUT2D eigenvalue weighted by Crippen LogP contribution is -2.70. The first-order valence-corrected chi connectivity index (χ1v) is 10.7. The normalized spacial score (nSPS) is 48.5. The van der Waals surface area contributed by atoms with Crippen molar-refractivity contribution in [3.8, 4) is 0 Å². The van der Waals surface area contributed by atoms with Crippen molar-refractivity contribution >= 4 is 5.97 Å². The van der Waals surface area contributed by atoms with Gasteiger partial charge in [0.1, 0.15) is 0 Å². The Morgan fingerprint density at radius 1 is 1.18 bits per heavy atom. The zero-order valence-corrected chi connectivity index (χ0v) is 17.6. The third-order valence-electron chi connectivity index (χ3n) is 7.38. The van der Waals surface area contributed by atoms with E-state index in [4.69, 9.17) is 28.7 Å². The minimum absolute atomic E-state index is 0.0573. The van der Waals surface area contributed by atoms with Crippen molar-refractivity contribution in [1.29, 1.82) is 0 Å². The number of hydrogen-bond acceptors (Lipinski definition) is 7. The number of carbonyl (C=O) groups excluding carboxylic acids is 1. The van der Waals surface area contributed by atoms with E-state index in [1.165, 1.54) is 13.5 Å². The summed E-state index contributed by atoms with van der Waals surface area (Å²) in [7, 11) is 1.41. The fourth-order valence-electron chi connectivity index (χ4n) is 5.75. The first kappa shape index (κ1) is 20.5. The zero-order chi connectivity index (χ0) is 20.1. The predicted molar refractivity (Wildman–Crippen MR) is 98.6 cm³/mol. The molecule has 7 nitrogen and oxygen atoms in total. The van der Waals surface area contributed by atoms with Gasteiger partial charge < -0.3 is 18.9 Å². The Hall–Kier alpha value is -0.730. The van der Waals surface area contributed by atoms with Crippen molar-refractivity contribution < 1.29 is 33.5 Å². The summed E-state index contributed by atoms with van der Waals surface area (Å²) in [5.74, 6) is 0.339. The lowest BCUT2D eigenvalue weighted by Gasteiger charge is -2.60. The van der Waals surface area contributed by atoms with Gasteiger partial charge in [-0.15, -0.1) is 0 Å². The summed E-state index contributed by atoms with van der Waals surface area (Å²) < 4.78 is 23.6. The number of carbonyl (C=O) groups is 1. The number of fused-ring (bicyclic) bond motifs is 2. The van der Waals surface area contributed by atoms with Gasteiger partial charge in [0.15, 0.2) is 18.2 Å². The van der Waals surface area contributed by atoms with Crippen LogP contribution in [0.4, 0.5) is 0 Å². The Morgan fingerprint density at radius 3 is 2.71 bits per heavy atom. The summed E-state index contributed by atoms with van der Waals surface area (Å²) in [5.41, 5.74) is -0.565. The second-order valence-corrected chi connectivity index (χ2v) is 9.49. The molecule has 1 unspecified atom stereocenters. The summed E-state index contributed by atoms with van der Waals surface area (Å²) in [6.45, 7) is 8.81. The van der Waals surface area contributed by atoms with Gasteiger partial charge in [-0.1, -0.05) is 20.8 Å². The molecule has 5 aliphatic rings. The van der Waals surface area contributed by atoms with Crippen LogP contribution in [0.15, 0.2) is 0 Å². The Kier molecular flexibility index (Phi) is 5.51. The van der Waals surface area contributed by atoms with Crippen molar-refractivity contribution in [2.45, 2.75) is 83.8 Å². The molecule has 1 aliphatic carbocycles. The third kappa shape index (κ3) is 3.29. The lowest BCUT2D eigenvalue weighted by atomic mass is 9.58. The third-order valence-corrected chi connectivity index (χ3v) is 7.38. The van der Waals surface area contributed by atoms with Gasteiger partial charge in [0.25, 0.3) is 0 Å². The fourth-order valence-corrected chi connectivity index (χ4v) is 5.75. The molecule has 1 spiro atoms. The molecule has 5 rings (SSSR count). The van der Waals surface area contributed by atoms with E-state index in [2.05, 4.69) is 13.8 Å². The predicted octanol–water partition coefficient (Wildman–Crippen LogP) is 3.41. The van der Waals surface area contributed by atoms with Crippen molar-refractivity contribution in [1.82, 2.24) is 0 Å². The fraction of sp³-hybridized carbons (Fsp3) is 0.952. The van der Waals surface area contributed by atoms with Crippen LogP contribution in [0.3, 0.4) is 0 Å². The van der Waals surface area contributed by atoms with E-state index in [9.17, 15) is 4.79 Å². The highest BCUT2D eigenvalue weighted by atomic mass is 17.3. The van der Waals surface area contributed by atoms with Gasteiger partial charge in [-0.2, -0.15) is 0 Å². The standard InChI is InChI=1S/C21H34O7/c1-12(10-17(22)23-5)11-24-18-14(3)16-7-6-13(2)15-8-9-20(4)26-19(25-18)21(15,16)28-27-20/h12-16,18-19H,6-11H2,1-5H3/t12?,13-,14-,15+,16+,18+,19-,20+,21-/m1/s1. The average Bonchev–Trinajstić information content (AvgIpc) is 2.89. The van der Waals surface area contributed by atoms with Crippen LogP contribution >= 0.6 is 0 Å². The van der Waals surface area contributed by atoms with E-state index >= 15 is 0 Å². The summed E-state index contributed by atoms with van der Waals surface area (Å²) in [5, 5.41) is 0. The van der Waals surface area contributed by atoms with Gasteiger partial charge >= 0.3 is 5.97 Å². The van der Waals surface area contributed by atoms with Gasteiger partial charge in [0.05, 0.1) is 20.1 Å². The molecule has 4 saturated heterocycles. The summed E-state index contributed by atoms with van der Waals surface area (Å²) in [6, 6.07) is 0. The van der Waals surface area contributed by atoms with Crippen LogP contribution in [-0.2, 0) is 33.5 Å². The second-order valence-electron chi connectivity index (χ2n) is 9.49. The van der Waals surface area contributed by atoms with Gasteiger partial charge in [0, 0.05) is 18.3 Å². The quantitative estimate of drug-likeness (QED) is 0.519. The Labute approximate surface area is 167 Å². The molecule has 4 heterocycles. The SMILES string of the molecule is COC(=O)CC(C)CO[C@H]1O[C@@H]2O[C@]3(C)CC[C@H]4[C@H](C)CC[C@@H]([C@H]1C)[C@@]24OO3. The maximum Gasteiger partial charge on any atom is 0.305 e. The number of hydrogen-bond donors (Lipinski definition) is 0. The van der Waals surface area contributed by atoms with Crippen LogP contribution in [0.1, 0.15) is 59.8 Å². The molecule has 0 amide bonds. The molecule has 1 saturated carbocycles. The van der Waals surface area contributed by atoms with Crippen molar-refractivity contribution in [3.63, 3.8) is 0 Å². The number of ether oxygens (including phenoxy) is 4. The molecule has 0 aromatic carbocycles. The molecule has 4 aliphatic heterocycles. The van der Waals surface area contributed by atoms with Crippen LogP contribution < -0.4 is 0 Å². The number of methoxy groups -OCH3 is 1. The molecule has 5 fully saturated rings. The highest BCUT2D eigenvalue weighted by Crippen LogP contribution is 2.60. The Balaban J connectivity index is 1.52. The molecule has 0 radical (unpaired) electrons. The molecule has 7 heteroatoms. The van der Waals surface area contributed by atoms with Gasteiger partial charge in [-0.3, -0.25) is 4.79 Å². The van der Waals surface area contributed by atoms with Crippen LogP contribution in [0, 0.1) is 29.6 Å². The van der Waals surface area contributed by atoms with E-state index in [0.29, 0.717) is 24.9 Å². The van der Waals surface area contributed by atoms with Gasteiger partial charge in [0.2, 0.25) is 5.79 Å². The second kappa shape index (κ2) is 7.51. The summed E-state index contributed by atoms with van der Waals surface area (Å²) >= 11 is 0. The van der Waals surface area contributed by atoms with Crippen molar-refractivity contribution in [2.24, 2.45) is 29.6 Å². The van der Waals surface area contributed by atoms with Crippen LogP contribution in [0.25, 0.3) is 0 Å². The molecule has 28 heavy (non-hydrogen) atoms. The summed E-state index contributed by atoms with van der Waals surface area (Å²) in [6.07, 6.45) is 3.47. The van der Waals surface area contributed by atoms with Gasteiger partial charge in [-0.25, -0.2) is 9.78 Å². The zero-order valence-electron chi connectivity index (χ0n) is 17.6. The average molecular weight is 398 g/mol. The van der Waals surface area contributed by atoms with Crippen LogP contribution in [-0.4, -0.2) is 43.7 Å². The topological polar surface area (TPSA) is 72.5 Å². The Bertz CT molecular complexity index is 597. The van der Waals surface area contributed by atoms with Crippen molar-refractivity contribution in [2.75, 3.05) is 13.7 Å². The molecule has 0 aromatic rings. The monoisotopic (exact) mass is 398 g/mol. The number of esters is 1. The largest absolute Gasteiger partial charge is 0.469 e. The molecular weight excluding hydrogens is 364 g/mol. The lowest BCUT2D eigenvalue weighted by molar-refractivity contribution is -0.577. The Morgan fingerprint density at radius 2 is 1.96 bits per heavy atom. The summed E-state index contributed by atoms with van der Waals surface area (Å²) in [4.78, 5) is 23.5. The van der Waals surface area contributed by atoms with E-state index in [1.54, 1.807) is 0 Å². The number of rotatable bonds is 5. The first-order chi connectivity index (χ1) is 13.3. The minimum Gasteiger partial charge on any atom is -0.469 e. The first-order valence-electron chi connectivity index (χ1n) is 10.7. The van der Waals surface area contributed by atoms with Crippen LogP contribution in [0.2, 0.25) is 0 Å². The van der Waals surface area contributed by atoms with E-state index in [-0.39, 0.29) is 30.0 Å². The molecule has 160 valence electrons. The van der Waals surface area contributed by atoms with E-state index < -0.39 is 17.7 Å². The molecule has 2 bridgehead atoms. The molecular formula is C21H34O7. The van der Waals surface area contributed by atoms with Crippen LogP contribution in [0.5, 0.6) is 0 Å². The van der Waals surface area contributed by atoms with Gasteiger partial charge in [-0.05, 0) is 43.9 Å².